The summed E-state index contributed by atoms with van der Waals surface area (Å²) in [5, 5.41) is 7.26. The van der Waals surface area contributed by atoms with Gasteiger partial charge in [0.15, 0.2) is 5.75 Å². The van der Waals surface area contributed by atoms with Crippen LogP contribution in [0.25, 0.3) is 16.9 Å². The van der Waals surface area contributed by atoms with Crippen LogP contribution in [-0.4, -0.2) is 37.6 Å². The van der Waals surface area contributed by atoms with E-state index in [1.165, 1.54) is 12.1 Å². The van der Waals surface area contributed by atoms with Gasteiger partial charge < -0.3 is 14.8 Å². The molecule has 2 aliphatic heterocycles. The number of nitrogens with one attached hydrogen (secondary N) is 2. The van der Waals surface area contributed by atoms with E-state index in [0.29, 0.717) is 18.1 Å². The number of hydrogen-bond acceptors (Lipinski definition) is 6. The molecule has 0 bridgehead atoms. The lowest BCUT2D eigenvalue weighted by Gasteiger charge is -2.16. The molecule has 2 aromatic rings. The molecule has 9 nitrogen and oxygen atoms in total. The first-order valence-corrected chi connectivity index (χ1v) is 13.1. The summed E-state index contributed by atoms with van der Waals surface area (Å²) in [4.78, 5) is 12.2. The maximum absolute atomic E-state index is 12.4. The van der Waals surface area contributed by atoms with Crippen LogP contribution in [-0.2, 0) is 22.9 Å². The first-order chi connectivity index (χ1) is 17.4. The molecule has 0 aromatic heterocycles. The van der Waals surface area contributed by atoms with Gasteiger partial charge in [0, 0.05) is 12.1 Å². The van der Waals surface area contributed by atoms with Crippen molar-refractivity contribution in [2.75, 3.05) is 13.3 Å². The third-order valence-corrected chi connectivity index (χ3v) is 7.42. The summed E-state index contributed by atoms with van der Waals surface area (Å²) in [5.74, 6) is 1.14. The third kappa shape index (κ3) is 4.59. The Morgan fingerprint density at radius 3 is 2.50 bits per heavy atom. The summed E-state index contributed by atoms with van der Waals surface area (Å²) < 4.78 is 39.8. The van der Waals surface area contributed by atoms with Crippen LogP contribution in [0.5, 0.6) is 11.6 Å². The largest absolute Gasteiger partial charge is 0.451 e. The molecular formula is C26H26N4O5S. The van der Waals surface area contributed by atoms with Crippen LogP contribution in [0.1, 0.15) is 23.6 Å². The Morgan fingerprint density at radius 2 is 1.78 bits per heavy atom. The summed E-state index contributed by atoms with van der Waals surface area (Å²) in [7, 11) is -3.92. The maximum Gasteiger partial charge on any atom is 0.328 e. The fourth-order valence-electron chi connectivity index (χ4n) is 4.16. The Morgan fingerprint density at radius 1 is 1.03 bits per heavy atom. The van der Waals surface area contributed by atoms with E-state index < -0.39 is 16.1 Å². The van der Waals surface area contributed by atoms with Crippen molar-refractivity contribution >= 4 is 16.1 Å². The highest BCUT2D eigenvalue weighted by molar-refractivity contribution is 7.90. The normalized spacial score (nSPS) is 12.6. The second-order valence-electron chi connectivity index (χ2n) is 8.52. The van der Waals surface area contributed by atoms with Crippen LogP contribution in [0.15, 0.2) is 65.6 Å². The topological polar surface area (TPSA) is 112 Å². The van der Waals surface area contributed by atoms with Gasteiger partial charge in [-0.25, -0.2) is 22.6 Å². The number of rotatable bonds is 7. The number of fused-ring (bicyclic) bond motifs is 3. The van der Waals surface area contributed by atoms with Crippen molar-refractivity contribution in [3.8, 4) is 28.6 Å². The van der Waals surface area contributed by atoms with Gasteiger partial charge in [0.05, 0.1) is 16.3 Å². The third-order valence-electron chi connectivity index (χ3n) is 6.07. The highest BCUT2D eigenvalue weighted by Crippen LogP contribution is 2.44. The summed E-state index contributed by atoms with van der Waals surface area (Å²) in [6.07, 6.45) is 1.39. The van der Waals surface area contributed by atoms with E-state index in [1.54, 1.807) is 12.1 Å². The molecule has 1 aliphatic carbocycles. The number of urea groups is 1. The Bertz CT molecular complexity index is 1480. The predicted octanol–water partition coefficient (Wildman–Crippen LogP) is 3.81. The molecule has 10 heteroatoms. The molecule has 2 heterocycles. The molecule has 0 atom stereocenters. The van der Waals surface area contributed by atoms with Crippen LogP contribution >= 0.6 is 0 Å². The minimum Gasteiger partial charge on any atom is -0.451 e. The van der Waals surface area contributed by atoms with Crippen molar-refractivity contribution in [1.82, 2.24) is 19.8 Å². The second-order valence-corrected chi connectivity index (χ2v) is 10.2. The highest BCUT2D eigenvalue weighted by Gasteiger charge is 2.28. The van der Waals surface area contributed by atoms with Crippen molar-refractivity contribution in [2.24, 2.45) is 0 Å². The van der Waals surface area contributed by atoms with Crippen molar-refractivity contribution in [3.05, 3.63) is 77.4 Å². The zero-order chi connectivity index (χ0) is 25.3. The summed E-state index contributed by atoms with van der Waals surface area (Å²) in [6, 6.07) is 17.5. The Labute approximate surface area is 209 Å². The average Bonchev–Trinajstić information content (AvgIpc) is 3.51. The minimum absolute atomic E-state index is 0.0404. The number of aromatic nitrogens is 2. The number of benzene rings is 2. The molecule has 36 heavy (non-hydrogen) atoms. The number of ether oxygens (including phenoxy) is 2. The van der Waals surface area contributed by atoms with E-state index in [2.05, 4.69) is 23.4 Å². The Hall–Kier alpha value is -4.05. The van der Waals surface area contributed by atoms with E-state index in [1.807, 2.05) is 46.7 Å². The first kappa shape index (κ1) is 23.7. The van der Waals surface area contributed by atoms with E-state index in [9.17, 15) is 13.2 Å². The SMILES string of the molecule is CCc1ccc2c3c(nn(-c4ccc(CCNC(=O)NS(=O)(=O)c5ccc(C)cc5)cc4)c1-2)OCO3. The van der Waals surface area contributed by atoms with Crippen LogP contribution in [0.4, 0.5) is 4.79 Å². The molecular weight excluding hydrogens is 480 g/mol. The molecule has 0 unspecified atom stereocenters. The molecule has 2 aromatic carbocycles. The smallest absolute Gasteiger partial charge is 0.328 e. The number of carbonyl (C=O) groups is 1. The first-order valence-electron chi connectivity index (χ1n) is 11.6. The Balaban J connectivity index is 1.24. The van der Waals surface area contributed by atoms with Gasteiger partial charge in [0.1, 0.15) is 0 Å². The standard InChI is InChI=1S/C26H26N4O5S/c1-3-19-8-13-22-23(19)30(28-25-24(22)34-16-35-25)20-9-6-18(7-10-20)14-15-27-26(31)29-36(32,33)21-11-4-17(2)5-12-21/h4-13H,3,14-16H2,1-2H3,(H2,27,29,31). The lowest BCUT2D eigenvalue weighted by Crippen LogP contribution is -2.40. The number of hydrogen-bond donors (Lipinski definition) is 2. The van der Waals surface area contributed by atoms with Crippen molar-refractivity contribution in [3.63, 3.8) is 0 Å². The van der Waals surface area contributed by atoms with Crippen molar-refractivity contribution in [1.29, 1.82) is 0 Å². The van der Waals surface area contributed by atoms with Crippen molar-refractivity contribution < 1.29 is 22.7 Å². The minimum atomic E-state index is -3.92. The molecule has 0 fully saturated rings. The van der Waals surface area contributed by atoms with Gasteiger partial charge >= 0.3 is 6.03 Å². The van der Waals surface area contributed by atoms with E-state index in [-0.39, 0.29) is 18.2 Å². The predicted molar refractivity (Wildman–Crippen MR) is 134 cm³/mol. The molecule has 0 saturated heterocycles. The van der Waals surface area contributed by atoms with Gasteiger partial charge in [-0.2, -0.15) is 0 Å². The van der Waals surface area contributed by atoms with Crippen LogP contribution < -0.4 is 19.5 Å². The molecule has 2 N–H and O–H groups in total. The Kier molecular flexibility index (Phi) is 6.27. The zero-order valence-electron chi connectivity index (χ0n) is 19.9. The molecule has 0 saturated carbocycles. The van der Waals surface area contributed by atoms with E-state index in [4.69, 9.17) is 9.47 Å². The second kappa shape index (κ2) is 9.54. The van der Waals surface area contributed by atoms with Gasteiger partial charge in [0.25, 0.3) is 15.9 Å². The number of amides is 2. The maximum atomic E-state index is 12.4. The van der Waals surface area contributed by atoms with Crippen molar-refractivity contribution in [2.45, 2.75) is 31.6 Å². The van der Waals surface area contributed by atoms with Gasteiger partial charge in [-0.05, 0) is 61.2 Å². The van der Waals surface area contributed by atoms with Crippen LogP contribution in [0, 0.1) is 6.92 Å². The van der Waals surface area contributed by atoms with Gasteiger partial charge in [-0.3, -0.25) is 0 Å². The van der Waals surface area contributed by atoms with E-state index in [0.717, 1.165) is 40.1 Å². The van der Waals surface area contributed by atoms with Gasteiger partial charge in [-0.15, -0.1) is 5.10 Å². The number of aryl methyl sites for hydroxylation is 2. The zero-order valence-corrected chi connectivity index (χ0v) is 20.8. The molecule has 2 amide bonds. The highest BCUT2D eigenvalue weighted by atomic mass is 32.2. The van der Waals surface area contributed by atoms with Gasteiger partial charge in [0.2, 0.25) is 6.79 Å². The number of nitrogens with zero attached hydrogens (tertiary/aromatic N) is 2. The monoisotopic (exact) mass is 506 g/mol. The quantitative estimate of drug-likeness (QED) is 0.394. The molecule has 186 valence electrons. The number of sulfonamides is 1. The fraction of sp³-hybridized carbons (Fsp3) is 0.231. The van der Waals surface area contributed by atoms with Gasteiger partial charge in [-0.1, -0.05) is 42.8 Å². The van der Waals surface area contributed by atoms with Crippen LogP contribution in [0.2, 0.25) is 0 Å². The van der Waals surface area contributed by atoms with E-state index >= 15 is 0 Å². The lowest BCUT2D eigenvalue weighted by molar-refractivity contribution is 0.170. The molecule has 0 spiro atoms. The average molecular weight is 507 g/mol. The molecule has 3 aliphatic rings. The molecule has 0 radical (unpaired) electrons. The molecule has 5 rings (SSSR count). The lowest BCUT2D eigenvalue weighted by atomic mass is 10.1. The van der Waals surface area contributed by atoms with Crippen LogP contribution in [0.3, 0.4) is 0 Å². The fourth-order valence-corrected chi connectivity index (χ4v) is 5.09. The number of carbonyl (C=O) groups excluding carboxylic acids is 1. The summed E-state index contributed by atoms with van der Waals surface area (Å²) in [6.45, 7) is 4.39. The summed E-state index contributed by atoms with van der Waals surface area (Å²) >= 11 is 0. The summed E-state index contributed by atoms with van der Waals surface area (Å²) in [5.41, 5.74) is 5.91.